The number of ether oxygens (including phenoxy) is 1. The molecule has 1 aromatic rings. The van der Waals surface area contributed by atoms with Crippen LogP contribution in [-0.4, -0.2) is 41.8 Å². The van der Waals surface area contributed by atoms with Crippen LogP contribution >= 0.6 is 0 Å². The quantitative estimate of drug-likeness (QED) is 0.784. The molecule has 1 fully saturated rings. The molecule has 0 radical (unpaired) electrons. The standard InChI is InChI=1S/C14H19N3O4/c1-14(4-7-21-8-5-14)9-16-13(20)17-10-3-2-6-15-11(10)12(18)19/h2-3,6H,4-5,7-9H2,1H3,(H,18,19)(H2,16,17,20). The van der Waals surface area contributed by atoms with Crippen molar-refractivity contribution in [3.8, 4) is 0 Å². The zero-order chi connectivity index (χ0) is 15.3. The molecule has 2 amide bonds. The second kappa shape index (κ2) is 6.53. The predicted molar refractivity (Wildman–Crippen MR) is 76.4 cm³/mol. The van der Waals surface area contributed by atoms with Gasteiger partial charge >= 0.3 is 12.0 Å². The fraction of sp³-hybridized carbons (Fsp3) is 0.500. The maximum atomic E-state index is 11.9. The Balaban J connectivity index is 1.91. The highest BCUT2D eigenvalue weighted by molar-refractivity contribution is 5.98. The van der Waals surface area contributed by atoms with E-state index in [4.69, 9.17) is 9.84 Å². The van der Waals surface area contributed by atoms with Crippen LogP contribution in [0.3, 0.4) is 0 Å². The molecule has 0 spiro atoms. The van der Waals surface area contributed by atoms with Crippen LogP contribution in [0.1, 0.15) is 30.3 Å². The first-order chi connectivity index (χ1) is 10.0. The summed E-state index contributed by atoms with van der Waals surface area (Å²) in [6, 6.07) is 2.65. The van der Waals surface area contributed by atoms with Gasteiger partial charge in [0.05, 0.1) is 5.69 Å². The van der Waals surface area contributed by atoms with Gasteiger partial charge < -0.3 is 20.5 Å². The van der Waals surface area contributed by atoms with Gasteiger partial charge in [-0.1, -0.05) is 6.92 Å². The molecule has 7 nitrogen and oxygen atoms in total. The molecule has 0 aliphatic carbocycles. The van der Waals surface area contributed by atoms with Crippen LogP contribution in [0.4, 0.5) is 10.5 Å². The molecular weight excluding hydrogens is 274 g/mol. The summed E-state index contributed by atoms with van der Waals surface area (Å²) < 4.78 is 5.31. The lowest BCUT2D eigenvalue weighted by atomic mass is 9.82. The van der Waals surface area contributed by atoms with Gasteiger partial charge in [0, 0.05) is 26.0 Å². The number of aromatic nitrogens is 1. The number of hydrogen-bond acceptors (Lipinski definition) is 4. The van der Waals surface area contributed by atoms with Crippen LogP contribution in [0.5, 0.6) is 0 Å². The van der Waals surface area contributed by atoms with E-state index < -0.39 is 12.0 Å². The Morgan fingerprint density at radius 2 is 2.14 bits per heavy atom. The summed E-state index contributed by atoms with van der Waals surface area (Å²) in [4.78, 5) is 26.6. The second-order valence-corrected chi connectivity index (χ2v) is 5.44. The van der Waals surface area contributed by atoms with Crippen LogP contribution in [0.2, 0.25) is 0 Å². The Morgan fingerprint density at radius 3 is 2.81 bits per heavy atom. The zero-order valence-electron chi connectivity index (χ0n) is 11.9. The maximum absolute atomic E-state index is 11.9. The maximum Gasteiger partial charge on any atom is 0.356 e. The number of nitrogens with zero attached hydrogens (tertiary/aromatic N) is 1. The van der Waals surface area contributed by atoms with Gasteiger partial charge in [-0.3, -0.25) is 0 Å². The molecule has 0 unspecified atom stereocenters. The van der Waals surface area contributed by atoms with Crippen LogP contribution < -0.4 is 10.6 Å². The van der Waals surface area contributed by atoms with E-state index in [-0.39, 0.29) is 16.8 Å². The highest BCUT2D eigenvalue weighted by atomic mass is 16.5. The Hall–Kier alpha value is -2.15. The number of nitrogens with one attached hydrogen (secondary N) is 2. The van der Waals surface area contributed by atoms with Crippen molar-refractivity contribution < 1.29 is 19.4 Å². The number of pyridine rings is 1. The van der Waals surface area contributed by atoms with Gasteiger partial charge in [0.15, 0.2) is 5.69 Å². The lowest BCUT2D eigenvalue weighted by Crippen LogP contribution is -2.41. The first kappa shape index (κ1) is 15.2. The number of hydrogen-bond donors (Lipinski definition) is 3. The van der Waals surface area contributed by atoms with Gasteiger partial charge in [-0.25, -0.2) is 14.6 Å². The Labute approximate surface area is 122 Å². The predicted octanol–water partition coefficient (Wildman–Crippen LogP) is 1.72. The molecule has 1 aliphatic heterocycles. The van der Waals surface area contributed by atoms with Gasteiger partial charge in [-0.05, 0) is 30.4 Å². The van der Waals surface area contributed by atoms with Crippen molar-refractivity contribution in [2.24, 2.45) is 5.41 Å². The minimum atomic E-state index is -1.18. The molecule has 0 saturated carbocycles. The molecule has 2 rings (SSSR count). The molecule has 21 heavy (non-hydrogen) atoms. The third-order valence-corrected chi connectivity index (χ3v) is 3.63. The van der Waals surface area contributed by atoms with Crippen molar-refractivity contribution in [2.75, 3.05) is 25.1 Å². The number of urea groups is 1. The number of aromatic carboxylic acids is 1. The number of carbonyl (C=O) groups excluding carboxylic acids is 1. The molecule has 114 valence electrons. The summed E-state index contributed by atoms with van der Waals surface area (Å²) in [6.45, 7) is 4.02. The lowest BCUT2D eigenvalue weighted by molar-refractivity contribution is 0.0254. The average Bonchev–Trinajstić information content (AvgIpc) is 2.46. The van der Waals surface area contributed by atoms with E-state index >= 15 is 0 Å². The van der Waals surface area contributed by atoms with Crippen LogP contribution in [0.25, 0.3) is 0 Å². The largest absolute Gasteiger partial charge is 0.476 e. The molecule has 7 heteroatoms. The van der Waals surface area contributed by atoms with Crippen molar-refractivity contribution in [3.05, 3.63) is 24.0 Å². The summed E-state index contributed by atoms with van der Waals surface area (Å²) >= 11 is 0. The number of anilines is 1. The van der Waals surface area contributed by atoms with Gasteiger partial charge in [-0.15, -0.1) is 0 Å². The fourth-order valence-corrected chi connectivity index (χ4v) is 2.18. The molecule has 1 aliphatic rings. The van der Waals surface area contributed by atoms with E-state index in [1.165, 1.54) is 12.3 Å². The second-order valence-electron chi connectivity index (χ2n) is 5.44. The lowest BCUT2D eigenvalue weighted by Gasteiger charge is -2.33. The molecular formula is C14H19N3O4. The van der Waals surface area contributed by atoms with Crippen molar-refractivity contribution in [2.45, 2.75) is 19.8 Å². The van der Waals surface area contributed by atoms with E-state index in [0.29, 0.717) is 19.8 Å². The van der Waals surface area contributed by atoms with Crippen molar-refractivity contribution in [1.29, 1.82) is 0 Å². The van der Waals surface area contributed by atoms with Crippen molar-refractivity contribution in [1.82, 2.24) is 10.3 Å². The summed E-state index contributed by atoms with van der Waals surface area (Å²) in [6.07, 6.45) is 3.15. The smallest absolute Gasteiger partial charge is 0.356 e. The Kier molecular flexibility index (Phi) is 4.74. The number of amides is 2. The average molecular weight is 293 g/mol. The van der Waals surface area contributed by atoms with E-state index in [9.17, 15) is 9.59 Å². The van der Waals surface area contributed by atoms with E-state index in [1.807, 2.05) is 0 Å². The molecule has 0 bridgehead atoms. The molecule has 1 aromatic heterocycles. The van der Waals surface area contributed by atoms with E-state index in [0.717, 1.165) is 12.8 Å². The summed E-state index contributed by atoms with van der Waals surface area (Å²) in [5, 5.41) is 14.3. The molecule has 0 aromatic carbocycles. The van der Waals surface area contributed by atoms with Gasteiger partial charge in [0.25, 0.3) is 0 Å². The Bertz CT molecular complexity index is 527. The number of carboxylic acid groups (broad SMARTS) is 1. The number of carbonyl (C=O) groups is 2. The SMILES string of the molecule is CC1(CNC(=O)Nc2cccnc2C(=O)O)CCOCC1. The first-order valence-electron chi connectivity index (χ1n) is 6.81. The van der Waals surface area contributed by atoms with Crippen LogP contribution in [0, 0.1) is 5.41 Å². The topological polar surface area (TPSA) is 101 Å². The summed E-state index contributed by atoms with van der Waals surface area (Å²) in [7, 11) is 0. The third-order valence-electron chi connectivity index (χ3n) is 3.63. The zero-order valence-corrected chi connectivity index (χ0v) is 11.9. The van der Waals surface area contributed by atoms with Gasteiger partial charge in [0.2, 0.25) is 0 Å². The first-order valence-corrected chi connectivity index (χ1v) is 6.81. The highest BCUT2D eigenvalue weighted by Crippen LogP contribution is 2.28. The number of carboxylic acids is 1. The number of rotatable bonds is 4. The fourth-order valence-electron chi connectivity index (χ4n) is 2.18. The minimum absolute atomic E-state index is 0.0140. The normalized spacial score (nSPS) is 17.0. The van der Waals surface area contributed by atoms with Crippen molar-refractivity contribution in [3.63, 3.8) is 0 Å². The van der Waals surface area contributed by atoms with Crippen LogP contribution in [0.15, 0.2) is 18.3 Å². The Morgan fingerprint density at radius 1 is 1.43 bits per heavy atom. The third kappa shape index (κ3) is 4.16. The molecule has 2 heterocycles. The summed E-state index contributed by atoms with van der Waals surface area (Å²) in [5.74, 6) is -1.18. The minimum Gasteiger partial charge on any atom is -0.476 e. The molecule has 1 saturated heterocycles. The van der Waals surface area contributed by atoms with E-state index in [2.05, 4.69) is 22.5 Å². The van der Waals surface area contributed by atoms with Gasteiger partial charge in [-0.2, -0.15) is 0 Å². The van der Waals surface area contributed by atoms with Gasteiger partial charge in [0.1, 0.15) is 0 Å². The van der Waals surface area contributed by atoms with Crippen molar-refractivity contribution >= 4 is 17.7 Å². The van der Waals surface area contributed by atoms with E-state index in [1.54, 1.807) is 6.07 Å². The summed E-state index contributed by atoms with van der Waals surface area (Å²) in [5.41, 5.74) is 0.0183. The molecule has 3 N–H and O–H groups in total. The monoisotopic (exact) mass is 293 g/mol. The molecule has 0 atom stereocenters. The highest BCUT2D eigenvalue weighted by Gasteiger charge is 2.27. The van der Waals surface area contributed by atoms with Crippen LogP contribution in [-0.2, 0) is 4.74 Å².